The van der Waals surface area contributed by atoms with Crippen molar-refractivity contribution in [2.75, 3.05) is 20.3 Å². The van der Waals surface area contributed by atoms with E-state index in [1.54, 1.807) is 19.5 Å². The molecule has 1 aromatic carbocycles. The van der Waals surface area contributed by atoms with Crippen molar-refractivity contribution in [3.8, 4) is 5.75 Å². The van der Waals surface area contributed by atoms with Crippen LogP contribution in [-0.4, -0.2) is 35.3 Å². The van der Waals surface area contributed by atoms with E-state index in [-0.39, 0.29) is 6.61 Å². The largest absolute Gasteiger partial charge is 0.496 e. The van der Waals surface area contributed by atoms with E-state index in [1.165, 1.54) is 0 Å². The molecule has 1 N–H and O–H groups in total. The fraction of sp³-hybridized carbons (Fsp3) is 0.312. The van der Waals surface area contributed by atoms with Gasteiger partial charge in [-0.15, -0.1) is 0 Å². The van der Waals surface area contributed by atoms with Crippen LogP contribution in [0.5, 0.6) is 5.75 Å². The third-order valence-electron chi connectivity index (χ3n) is 3.25. The van der Waals surface area contributed by atoms with E-state index in [0.29, 0.717) is 24.7 Å². The summed E-state index contributed by atoms with van der Waals surface area (Å²) < 4.78 is 5.37. The molecule has 0 fully saturated rings. The lowest BCUT2D eigenvalue weighted by Crippen LogP contribution is -2.26. The minimum absolute atomic E-state index is 0.0951. The summed E-state index contributed by atoms with van der Waals surface area (Å²) in [5.41, 5.74) is 2.08. The predicted molar refractivity (Wildman–Crippen MR) is 83.4 cm³/mol. The summed E-state index contributed by atoms with van der Waals surface area (Å²) in [6.07, 6.45) is 3.36. The zero-order valence-corrected chi connectivity index (χ0v) is 12.8. The molecule has 0 radical (unpaired) electrons. The van der Waals surface area contributed by atoms with E-state index in [4.69, 9.17) is 16.3 Å². The van der Waals surface area contributed by atoms with Crippen molar-refractivity contribution in [1.82, 2.24) is 9.88 Å². The molecule has 0 saturated heterocycles. The lowest BCUT2D eigenvalue weighted by atomic mass is 10.1. The highest BCUT2D eigenvalue weighted by Gasteiger charge is 2.11. The highest BCUT2D eigenvalue weighted by Crippen LogP contribution is 2.21. The van der Waals surface area contributed by atoms with Gasteiger partial charge in [0.15, 0.2) is 0 Å². The topological polar surface area (TPSA) is 45.6 Å². The second-order valence-corrected chi connectivity index (χ2v) is 5.12. The highest BCUT2D eigenvalue weighted by molar-refractivity contribution is 6.31. The number of nitrogens with zero attached hydrogens (tertiary/aromatic N) is 2. The Balaban J connectivity index is 2.14. The van der Waals surface area contributed by atoms with Gasteiger partial charge in [0.05, 0.1) is 18.7 Å². The van der Waals surface area contributed by atoms with Crippen LogP contribution in [0, 0.1) is 0 Å². The molecule has 0 spiro atoms. The van der Waals surface area contributed by atoms with Gasteiger partial charge in [-0.3, -0.25) is 9.88 Å². The van der Waals surface area contributed by atoms with Gasteiger partial charge < -0.3 is 9.84 Å². The maximum Gasteiger partial charge on any atom is 0.123 e. The van der Waals surface area contributed by atoms with Crippen LogP contribution in [0.1, 0.15) is 11.1 Å². The maximum absolute atomic E-state index is 9.27. The van der Waals surface area contributed by atoms with Crippen molar-refractivity contribution in [2.45, 2.75) is 13.1 Å². The van der Waals surface area contributed by atoms with Crippen LogP contribution in [-0.2, 0) is 13.1 Å². The third-order valence-corrected chi connectivity index (χ3v) is 3.59. The van der Waals surface area contributed by atoms with Crippen LogP contribution >= 0.6 is 11.6 Å². The molecule has 0 unspecified atom stereocenters. The quantitative estimate of drug-likeness (QED) is 0.854. The number of aliphatic hydroxyl groups excluding tert-OH is 1. The van der Waals surface area contributed by atoms with Crippen LogP contribution in [0.4, 0.5) is 0 Å². The third kappa shape index (κ3) is 4.43. The van der Waals surface area contributed by atoms with Gasteiger partial charge in [-0.1, -0.05) is 29.8 Å². The van der Waals surface area contributed by atoms with Gasteiger partial charge in [-0.05, 0) is 17.7 Å². The molecule has 0 bridgehead atoms. The highest BCUT2D eigenvalue weighted by atomic mass is 35.5. The molecule has 0 aliphatic carbocycles. The smallest absolute Gasteiger partial charge is 0.123 e. The summed E-state index contributed by atoms with van der Waals surface area (Å²) in [6.45, 7) is 2.00. The second kappa shape index (κ2) is 7.98. The first-order chi connectivity index (χ1) is 10.2. The summed E-state index contributed by atoms with van der Waals surface area (Å²) in [4.78, 5) is 6.11. The molecule has 0 amide bonds. The van der Waals surface area contributed by atoms with Crippen LogP contribution in [0.2, 0.25) is 5.02 Å². The zero-order valence-electron chi connectivity index (χ0n) is 12.0. The Hall–Kier alpha value is -1.62. The zero-order chi connectivity index (χ0) is 15.1. The van der Waals surface area contributed by atoms with Crippen LogP contribution in [0.3, 0.4) is 0 Å². The van der Waals surface area contributed by atoms with Gasteiger partial charge in [0.1, 0.15) is 5.75 Å². The average Bonchev–Trinajstić information content (AvgIpc) is 2.50. The number of para-hydroxylation sites is 1. The molecule has 5 heteroatoms. The molecule has 2 aromatic rings. The average molecular weight is 307 g/mol. The molecule has 112 valence electrons. The normalized spacial score (nSPS) is 10.9. The first kappa shape index (κ1) is 15.8. The van der Waals surface area contributed by atoms with Crippen molar-refractivity contribution in [3.63, 3.8) is 0 Å². The molecule has 0 saturated carbocycles. The molecule has 0 aliphatic rings. The minimum Gasteiger partial charge on any atom is -0.496 e. The first-order valence-corrected chi connectivity index (χ1v) is 7.16. The number of hydrogen-bond acceptors (Lipinski definition) is 4. The van der Waals surface area contributed by atoms with Crippen molar-refractivity contribution in [1.29, 1.82) is 0 Å². The Labute approximate surface area is 130 Å². The minimum atomic E-state index is 0.0951. The molecule has 1 aromatic heterocycles. The van der Waals surface area contributed by atoms with Crippen LogP contribution in [0.15, 0.2) is 42.7 Å². The number of benzene rings is 1. The first-order valence-electron chi connectivity index (χ1n) is 6.78. The summed E-state index contributed by atoms with van der Waals surface area (Å²) in [5, 5.41) is 9.91. The Morgan fingerprint density at radius 3 is 2.67 bits per heavy atom. The molecular formula is C16H19ClN2O2. The second-order valence-electron chi connectivity index (χ2n) is 4.71. The van der Waals surface area contributed by atoms with E-state index >= 15 is 0 Å². The van der Waals surface area contributed by atoms with Gasteiger partial charge in [-0.25, -0.2) is 0 Å². The van der Waals surface area contributed by atoms with E-state index in [1.807, 2.05) is 30.3 Å². The fourth-order valence-electron chi connectivity index (χ4n) is 2.20. The maximum atomic E-state index is 9.27. The molecule has 2 rings (SSSR count). The van der Waals surface area contributed by atoms with Crippen molar-refractivity contribution >= 4 is 11.6 Å². The Morgan fingerprint density at radius 1 is 1.19 bits per heavy atom. The van der Waals surface area contributed by atoms with Gasteiger partial charge >= 0.3 is 0 Å². The predicted octanol–water partition coefficient (Wildman–Crippen LogP) is 2.74. The van der Waals surface area contributed by atoms with Crippen LogP contribution < -0.4 is 4.74 Å². The number of hydrogen-bond donors (Lipinski definition) is 1. The number of rotatable bonds is 7. The van der Waals surface area contributed by atoms with Gasteiger partial charge in [0, 0.05) is 37.6 Å². The number of aliphatic hydroxyl groups is 1. The molecular weight excluding hydrogens is 288 g/mol. The molecule has 0 atom stereocenters. The lowest BCUT2D eigenvalue weighted by molar-refractivity contribution is 0.183. The Morgan fingerprint density at radius 2 is 1.95 bits per heavy atom. The number of pyridine rings is 1. The fourth-order valence-corrected chi connectivity index (χ4v) is 2.38. The summed E-state index contributed by atoms with van der Waals surface area (Å²) in [6, 6.07) is 9.78. The summed E-state index contributed by atoms with van der Waals surface area (Å²) in [7, 11) is 1.66. The van der Waals surface area contributed by atoms with Gasteiger partial charge in [-0.2, -0.15) is 0 Å². The van der Waals surface area contributed by atoms with E-state index < -0.39 is 0 Å². The summed E-state index contributed by atoms with van der Waals surface area (Å²) >= 11 is 6.15. The van der Waals surface area contributed by atoms with E-state index in [9.17, 15) is 5.11 Å². The molecule has 4 nitrogen and oxygen atoms in total. The van der Waals surface area contributed by atoms with Gasteiger partial charge in [0.2, 0.25) is 0 Å². The van der Waals surface area contributed by atoms with Crippen molar-refractivity contribution < 1.29 is 9.84 Å². The number of methoxy groups -OCH3 is 1. The van der Waals surface area contributed by atoms with Gasteiger partial charge in [0.25, 0.3) is 0 Å². The summed E-state index contributed by atoms with van der Waals surface area (Å²) in [5.74, 6) is 0.848. The lowest BCUT2D eigenvalue weighted by Gasteiger charge is -2.23. The standard InChI is InChI=1S/C16H19ClN2O2/c1-21-16-5-3-2-4-14(16)12-19(8-9-20)11-13-6-7-18-10-15(13)17/h2-7,10,20H,8-9,11-12H2,1H3. The van der Waals surface area contributed by atoms with Crippen LogP contribution in [0.25, 0.3) is 0 Å². The number of halogens is 1. The van der Waals surface area contributed by atoms with Crippen molar-refractivity contribution in [2.24, 2.45) is 0 Å². The monoisotopic (exact) mass is 306 g/mol. The molecule has 1 heterocycles. The Kier molecular flexibility index (Phi) is 5.99. The SMILES string of the molecule is COc1ccccc1CN(CCO)Cc1ccncc1Cl. The number of aromatic nitrogens is 1. The molecule has 21 heavy (non-hydrogen) atoms. The number of ether oxygens (including phenoxy) is 1. The molecule has 0 aliphatic heterocycles. The van der Waals surface area contributed by atoms with E-state index in [2.05, 4.69) is 9.88 Å². The van der Waals surface area contributed by atoms with E-state index in [0.717, 1.165) is 16.9 Å². The van der Waals surface area contributed by atoms with Crippen molar-refractivity contribution in [3.05, 3.63) is 58.9 Å². The Bertz CT molecular complexity index is 578.